The lowest BCUT2D eigenvalue weighted by molar-refractivity contribution is 0.416. The van der Waals surface area contributed by atoms with E-state index in [2.05, 4.69) is 17.1 Å². The third-order valence-corrected chi connectivity index (χ3v) is 6.35. The Morgan fingerprint density at radius 1 is 1.30 bits per heavy atom. The second-order valence-corrected chi connectivity index (χ2v) is 7.58. The van der Waals surface area contributed by atoms with E-state index in [0.717, 1.165) is 17.1 Å². The van der Waals surface area contributed by atoms with Gasteiger partial charge in [-0.05, 0) is 24.6 Å². The van der Waals surface area contributed by atoms with Crippen LogP contribution in [-0.4, -0.2) is 32.0 Å². The summed E-state index contributed by atoms with van der Waals surface area (Å²) >= 11 is 3.81. The molecule has 0 saturated carbocycles. The maximum absolute atomic E-state index is 9.98. The molecule has 0 aliphatic carbocycles. The Morgan fingerprint density at radius 3 is 2.85 bits per heavy atom. The molecule has 2 atom stereocenters. The highest BCUT2D eigenvalue weighted by Crippen LogP contribution is 2.42. The normalized spacial score (nSPS) is 22.9. The molecule has 0 bridgehead atoms. The molecule has 2 aromatic rings. The number of nitrogens with zero attached hydrogens (tertiary/aromatic N) is 2. The first-order valence-corrected chi connectivity index (χ1v) is 8.61. The van der Waals surface area contributed by atoms with Gasteiger partial charge in [0.25, 0.3) is 5.89 Å². The van der Waals surface area contributed by atoms with Gasteiger partial charge < -0.3 is 9.63 Å². The number of hydrogen-bond acceptors (Lipinski definition) is 6. The van der Waals surface area contributed by atoms with Crippen molar-refractivity contribution in [3.8, 4) is 17.2 Å². The van der Waals surface area contributed by atoms with E-state index >= 15 is 0 Å². The van der Waals surface area contributed by atoms with Gasteiger partial charge in [0.2, 0.25) is 0 Å². The van der Waals surface area contributed by atoms with Gasteiger partial charge in [-0.25, -0.2) is 0 Å². The summed E-state index contributed by atoms with van der Waals surface area (Å²) in [5, 5.41) is 14.8. The van der Waals surface area contributed by atoms with Crippen molar-refractivity contribution in [3.05, 3.63) is 29.6 Å². The van der Waals surface area contributed by atoms with Gasteiger partial charge in [-0.1, -0.05) is 18.1 Å². The molecule has 2 unspecified atom stereocenters. The minimum absolute atomic E-state index is 0.180. The van der Waals surface area contributed by atoms with Crippen LogP contribution in [0.25, 0.3) is 11.5 Å². The van der Waals surface area contributed by atoms with Gasteiger partial charge in [-0.3, -0.25) is 0 Å². The highest BCUT2D eigenvalue weighted by molar-refractivity contribution is 8.06. The van der Waals surface area contributed by atoms with E-state index in [1.54, 1.807) is 6.07 Å². The Hall–Kier alpha value is -1.14. The zero-order valence-electron chi connectivity index (χ0n) is 11.4. The van der Waals surface area contributed by atoms with E-state index in [1.807, 2.05) is 42.6 Å². The number of rotatable bonds is 2. The van der Waals surface area contributed by atoms with Crippen LogP contribution in [0, 0.1) is 6.92 Å². The fraction of sp³-hybridized carbons (Fsp3) is 0.429. The average Bonchev–Trinajstić information content (AvgIpc) is 2.88. The van der Waals surface area contributed by atoms with Crippen LogP contribution in [0.5, 0.6) is 5.75 Å². The Bertz CT molecular complexity index is 615. The first kappa shape index (κ1) is 13.8. The molecule has 3 rings (SSSR count). The minimum Gasteiger partial charge on any atom is -0.507 e. The summed E-state index contributed by atoms with van der Waals surface area (Å²) in [6.45, 7) is 4.13. The van der Waals surface area contributed by atoms with Crippen molar-refractivity contribution >= 4 is 23.5 Å². The fourth-order valence-electron chi connectivity index (χ4n) is 2.20. The van der Waals surface area contributed by atoms with Crippen molar-refractivity contribution in [2.45, 2.75) is 24.3 Å². The molecular weight excluding hydrogens is 292 g/mol. The summed E-state index contributed by atoms with van der Waals surface area (Å²) in [5.41, 5.74) is 1.59. The Balaban J connectivity index is 1.89. The molecular formula is C14H16N2O2S2. The van der Waals surface area contributed by atoms with Gasteiger partial charge >= 0.3 is 0 Å². The zero-order chi connectivity index (χ0) is 14.1. The molecule has 1 aromatic heterocycles. The number of aromatic hydroxyl groups is 1. The SMILES string of the molecule is Cc1ccc(-c2nc(C3SCCSC3C)no2)c(O)c1. The highest BCUT2D eigenvalue weighted by Gasteiger charge is 2.28. The van der Waals surface area contributed by atoms with Crippen molar-refractivity contribution in [2.24, 2.45) is 0 Å². The van der Waals surface area contributed by atoms with Crippen LogP contribution in [0.3, 0.4) is 0 Å². The van der Waals surface area contributed by atoms with Crippen LogP contribution in [0.4, 0.5) is 0 Å². The van der Waals surface area contributed by atoms with Gasteiger partial charge in [0.1, 0.15) is 5.75 Å². The average molecular weight is 308 g/mol. The van der Waals surface area contributed by atoms with Crippen molar-refractivity contribution in [1.29, 1.82) is 0 Å². The number of aryl methyl sites for hydroxylation is 1. The monoisotopic (exact) mass is 308 g/mol. The van der Waals surface area contributed by atoms with Crippen LogP contribution in [0.1, 0.15) is 23.6 Å². The van der Waals surface area contributed by atoms with Gasteiger partial charge in [-0.15, -0.1) is 11.8 Å². The molecule has 4 nitrogen and oxygen atoms in total. The van der Waals surface area contributed by atoms with E-state index in [1.165, 1.54) is 5.75 Å². The molecule has 1 aliphatic rings. The van der Waals surface area contributed by atoms with Crippen LogP contribution in [0.15, 0.2) is 22.7 Å². The number of benzene rings is 1. The fourth-order valence-corrected chi connectivity index (χ4v) is 4.88. The smallest absolute Gasteiger partial charge is 0.261 e. The molecule has 1 aromatic carbocycles. The third kappa shape index (κ3) is 2.67. The van der Waals surface area contributed by atoms with Crippen LogP contribution < -0.4 is 0 Å². The van der Waals surface area contributed by atoms with Crippen molar-refractivity contribution in [3.63, 3.8) is 0 Å². The molecule has 2 heterocycles. The zero-order valence-corrected chi connectivity index (χ0v) is 13.0. The predicted octanol–water partition coefficient (Wildman–Crippen LogP) is 3.66. The standard InChI is InChI=1S/C14H16N2O2S2/c1-8-3-4-10(11(17)7-8)14-15-13(16-18-14)12-9(2)19-5-6-20-12/h3-4,7,9,12,17H,5-6H2,1-2H3. The van der Waals surface area contributed by atoms with E-state index in [9.17, 15) is 5.11 Å². The first-order chi connectivity index (χ1) is 9.65. The molecule has 0 amide bonds. The first-order valence-electron chi connectivity index (χ1n) is 6.52. The largest absolute Gasteiger partial charge is 0.507 e. The minimum atomic E-state index is 0.180. The molecule has 1 fully saturated rings. The predicted molar refractivity (Wildman–Crippen MR) is 83.3 cm³/mol. The third-order valence-electron chi connectivity index (χ3n) is 3.27. The van der Waals surface area contributed by atoms with Gasteiger partial charge in [-0.2, -0.15) is 16.7 Å². The second kappa shape index (κ2) is 5.69. The molecule has 6 heteroatoms. The van der Waals surface area contributed by atoms with E-state index in [-0.39, 0.29) is 11.0 Å². The summed E-state index contributed by atoms with van der Waals surface area (Å²) in [4.78, 5) is 4.47. The van der Waals surface area contributed by atoms with Crippen molar-refractivity contribution < 1.29 is 9.63 Å². The summed E-state index contributed by atoms with van der Waals surface area (Å²) in [5.74, 6) is 3.58. The number of hydrogen-bond donors (Lipinski definition) is 1. The molecule has 0 radical (unpaired) electrons. The van der Waals surface area contributed by atoms with Gasteiger partial charge in [0.05, 0.1) is 10.8 Å². The highest BCUT2D eigenvalue weighted by atomic mass is 32.2. The molecule has 20 heavy (non-hydrogen) atoms. The van der Waals surface area contributed by atoms with Crippen LogP contribution in [-0.2, 0) is 0 Å². The lowest BCUT2D eigenvalue weighted by Gasteiger charge is -2.24. The molecule has 1 aliphatic heterocycles. The Kier molecular flexibility index (Phi) is 3.94. The summed E-state index contributed by atoms with van der Waals surface area (Å²) in [6.07, 6.45) is 0. The number of phenolic OH excluding ortho intramolecular Hbond substituents is 1. The summed E-state index contributed by atoms with van der Waals surface area (Å²) in [7, 11) is 0. The van der Waals surface area contributed by atoms with Crippen LogP contribution in [0.2, 0.25) is 0 Å². The molecule has 1 N–H and O–H groups in total. The van der Waals surface area contributed by atoms with Crippen molar-refractivity contribution in [2.75, 3.05) is 11.5 Å². The molecule has 106 valence electrons. The number of aromatic nitrogens is 2. The van der Waals surface area contributed by atoms with Crippen molar-refractivity contribution in [1.82, 2.24) is 10.1 Å². The lowest BCUT2D eigenvalue weighted by atomic mass is 10.1. The Labute approximate surface area is 126 Å². The Morgan fingerprint density at radius 2 is 2.10 bits per heavy atom. The number of thioether (sulfide) groups is 2. The lowest BCUT2D eigenvalue weighted by Crippen LogP contribution is -2.16. The molecule has 1 saturated heterocycles. The topological polar surface area (TPSA) is 59.2 Å². The van der Waals surface area contributed by atoms with Gasteiger partial charge in [0.15, 0.2) is 5.82 Å². The maximum atomic E-state index is 9.98. The maximum Gasteiger partial charge on any atom is 0.261 e. The van der Waals surface area contributed by atoms with E-state index in [4.69, 9.17) is 4.52 Å². The summed E-state index contributed by atoms with van der Waals surface area (Å²) in [6, 6.07) is 5.44. The summed E-state index contributed by atoms with van der Waals surface area (Å²) < 4.78 is 5.33. The van der Waals surface area contributed by atoms with E-state index in [0.29, 0.717) is 16.7 Å². The number of phenols is 1. The van der Waals surface area contributed by atoms with E-state index < -0.39 is 0 Å². The second-order valence-electron chi connectivity index (χ2n) is 4.85. The van der Waals surface area contributed by atoms with Crippen LogP contribution >= 0.6 is 23.5 Å². The van der Waals surface area contributed by atoms with Gasteiger partial charge in [0, 0.05) is 16.8 Å². The molecule has 0 spiro atoms. The quantitative estimate of drug-likeness (QED) is 0.913.